The second-order valence-corrected chi connectivity index (χ2v) is 5.02. The fraction of sp³-hybridized carbons (Fsp3) is 0.278. The number of halogens is 2. The maximum atomic E-state index is 12.8. The number of aliphatic imine (C=N–C) groups is 1. The first-order chi connectivity index (χ1) is 11.3. The third-order valence-corrected chi connectivity index (χ3v) is 3.25. The van der Waals surface area contributed by atoms with Crippen molar-refractivity contribution in [2.24, 2.45) is 4.99 Å². The number of hydrogen-bond donors (Lipinski definition) is 2. The van der Waals surface area contributed by atoms with Gasteiger partial charge in [0, 0.05) is 20.1 Å². The van der Waals surface area contributed by atoms with Crippen molar-refractivity contribution in [2.75, 3.05) is 20.2 Å². The average Bonchev–Trinajstić information content (AvgIpc) is 2.59. The van der Waals surface area contributed by atoms with E-state index >= 15 is 0 Å². The van der Waals surface area contributed by atoms with Crippen LogP contribution in [0.5, 0.6) is 0 Å². The molecule has 0 aliphatic carbocycles. The van der Waals surface area contributed by atoms with Crippen LogP contribution in [-0.4, -0.2) is 26.2 Å². The van der Waals surface area contributed by atoms with Gasteiger partial charge in [0.05, 0.1) is 13.2 Å². The molecule has 0 aromatic heterocycles. The summed E-state index contributed by atoms with van der Waals surface area (Å²) in [4.78, 5) is 4.14. The zero-order chi connectivity index (χ0) is 16.3. The smallest absolute Gasteiger partial charge is 0.191 e. The maximum Gasteiger partial charge on any atom is 0.191 e. The van der Waals surface area contributed by atoms with Gasteiger partial charge in [-0.15, -0.1) is 24.0 Å². The zero-order valence-electron chi connectivity index (χ0n) is 13.7. The predicted molar refractivity (Wildman–Crippen MR) is 106 cm³/mol. The largest absolute Gasteiger partial charge is 0.375 e. The van der Waals surface area contributed by atoms with Crippen LogP contribution in [-0.2, 0) is 17.9 Å². The highest BCUT2D eigenvalue weighted by molar-refractivity contribution is 14.0. The van der Waals surface area contributed by atoms with Crippen LogP contribution in [0.15, 0.2) is 59.6 Å². The highest BCUT2D eigenvalue weighted by Crippen LogP contribution is 2.02. The molecule has 0 aliphatic rings. The molecule has 2 aromatic carbocycles. The Morgan fingerprint density at radius 3 is 2.38 bits per heavy atom. The molecule has 24 heavy (non-hydrogen) atoms. The normalized spacial score (nSPS) is 10.8. The van der Waals surface area contributed by atoms with Crippen molar-refractivity contribution in [2.45, 2.75) is 13.2 Å². The van der Waals surface area contributed by atoms with E-state index in [1.54, 1.807) is 19.2 Å². The van der Waals surface area contributed by atoms with Gasteiger partial charge in [0.25, 0.3) is 0 Å². The van der Waals surface area contributed by atoms with Crippen LogP contribution in [0.4, 0.5) is 4.39 Å². The van der Waals surface area contributed by atoms with Gasteiger partial charge in [-0.05, 0) is 23.3 Å². The van der Waals surface area contributed by atoms with Crippen molar-refractivity contribution >= 4 is 29.9 Å². The predicted octanol–water partition coefficient (Wildman–Crippen LogP) is 3.33. The van der Waals surface area contributed by atoms with Crippen LogP contribution in [0, 0.1) is 5.82 Å². The standard InChI is InChI=1S/C18H22FN3O.HI/c1-20-18(22-13-15-7-9-17(19)10-8-15)21-11-12-23-14-16-5-3-2-4-6-16;/h2-10H,11-14H2,1H3,(H2,20,21,22);1H. The van der Waals surface area contributed by atoms with E-state index in [4.69, 9.17) is 4.74 Å². The second kappa shape index (κ2) is 11.8. The van der Waals surface area contributed by atoms with Gasteiger partial charge in [0.2, 0.25) is 0 Å². The monoisotopic (exact) mass is 443 g/mol. The van der Waals surface area contributed by atoms with Gasteiger partial charge in [-0.3, -0.25) is 4.99 Å². The summed E-state index contributed by atoms with van der Waals surface area (Å²) >= 11 is 0. The average molecular weight is 443 g/mol. The van der Waals surface area contributed by atoms with Gasteiger partial charge >= 0.3 is 0 Å². The quantitative estimate of drug-likeness (QED) is 0.299. The molecule has 0 fully saturated rings. The van der Waals surface area contributed by atoms with E-state index in [2.05, 4.69) is 15.6 Å². The van der Waals surface area contributed by atoms with Gasteiger partial charge in [-0.2, -0.15) is 0 Å². The van der Waals surface area contributed by atoms with Crippen molar-refractivity contribution in [3.63, 3.8) is 0 Å². The molecule has 0 aliphatic heterocycles. The van der Waals surface area contributed by atoms with Crippen LogP contribution >= 0.6 is 24.0 Å². The van der Waals surface area contributed by atoms with Crippen molar-refractivity contribution in [3.05, 3.63) is 71.5 Å². The number of hydrogen-bond acceptors (Lipinski definition) is 2. The summed E-state index contributed by atoms with van der Waals surface area (Å²) in [6, 6.07) is 16.5. The summed E-state index contributed by atoms with van der Waals surface area (Å²) in [5.41, 5.74) is 2.15. The summed E-state index contributed by atoms with van der Waals surface area (Å²) in [6.45, 7) is 2.44. The molecule has 0 amide bonds. The highest BCUT2D eigenvalue weighted by Gasteiger charge is 1.99. The third-order valence-electron chi connectivity index (χ3n) is 3.25. The van der Waals surface area contributed by atoms with E-state index in [1.165, 1.54) is 12.1 Å². The molecule has 0 heterocycles. The number of nitrogens with zero attached hydrogens (tertiary/aromatic N) is 1. The summed E-state index contributed by atoms with van der Waals surface area (Å²) < 4.78 is 18.4. The molecule has 4 nitrogen and oxygen atoms in total. The van der Waals surface area contributed by atoms with Crippen molar-refractivity contribution in [1.29, 1.82) is 0 Å². The minimum absolute atomic E-state index is 0. The summed E-state index contributed by atoms with van der Waals surface area (Å²) in [5.74, 6) is 0.462. The fourth-order valence-corrected chi connectivity index (χ4v) is 2.01. The minimum Gasteiger partial charge on any atom is -0.375 e. The maximum absolute atomic E-state index is 12.8. The summed E-state index contributed by atoms with van der Waals surface area (Å²) in [7, 11) is 1.71. The van der Waals surface area contributed by atoms with E-state index in [0.717, 1.165) is 11.1 Å². The summed E-state index contributed by atoms with van der Waals surface area (Å²) in [6.07, 6.45) is 0. The molecule has 0 bridgehead atoms. The Hall–Kier alpha value is -1.67. The molecule has 0 saturated carbocycles. The molecular weight excluding hydrogens is 420 g/mol. The number of nitrogens with one attached hydrogen (secondary N) is 2. The molecule has 6 heteroatoms. The molecule has 130 valence electrons. The second-order valence-electron chi connectivity index (χ2n) is 5.02. The van der Waals surface area contributed by atoms with Crippen molar-refractivity contribution in [3.8, 4) is 0 Å². The zero-order valence-corrected chi connectivity index (χ0v) is 16.0. The number of ether oxygens (including phenoxy) is 1. The lowest BCUT2D eigenvalue weighted by atomic mass is 10.2. The molecule has 0 saturated heterocycles. The van der Waals surface area contributed by atoms with Crippen LogP contribution in [0.25, 0.3) is 0 Å². The lowest BCUT2D eigenvalue weighted by molar-refractivity contribution is 0.125. The first kappa shape index (κ1) is 20.4. The highest BCUT2D eigenvalue weighted by atomic mass is 127. The molecule has 2 N–H and O–H groups in total. The van der Waals surface area contributed by atoms with Gasteiger partial charge < -0.3 is 15.4 Å². The van der Waals surface area contributed by atoms with Crippen LogP contribution < -0.4 is 10.6 Å². The Kier molecular flexibility index (Phi) is 10.0. The molecular formula is C18H23FIN3O. The fourth-order valence-electron chi connectivity index (χ4n) is 2.01. The van der Waals surface area contributed by atoms with Crippen LogP contribution in [0.2, 0.25) is 0 Å². The van der Waals surface area contributed by atoms with Gasteiger partial charge in [-0.1, -0.05) is 42.5 Å². The van der Waals surface area contributed by atoms with Crippen molar-refractivity contribution in [1.82, 2.24) is 10.6 Å². The summed E-state index contributed by atoms with van der Waals surface area (Å²) in [5, 5.41) is 6.35. The molecule has 2 rings (SSSR count). The Balaban J connectivity index is 0.00000288. The lowest BCUT2D eigenvalue weighted by Crippen LogP contribution is -2.38. The Bertz CT molecular complexity index is 605. The van der Waals surface area contributed by atoms with E-state index < -0.39 is 0 Å². The van der Waals surface area contributed by atoms with Crippen molar-refractivity contribution < 1.29 is 9.13 Å². The molecule has 2 aromatic rings. The Morgan fingerprint density at radius 2 is 1.71 bits per heavy atom. The van der Waals surface area contributed by atoms with Gasteiger partial charge in [0.1, 0.15) is 5.82 Å². The number of benzene rings is 2. The van der Waals surface area contributed by atoms with E-state index in [-0.39, 0.29) is 29.8 Å². The first-order valence-electron chi connectivity index (χ1n) is 7.58. The minimum atomic E-state index is -0.230. The Morgan fingerprint density at radius 1 is 1.00 bits per heavy atom. The van der Waals surface area contributed by atoms with Gasteiger partial charge in [-0.25, -0.2) is 4.39 Å². The van der Waals surface area contributed by atoms with E-state index in [9.17, 15) is 4.39 Å². The number of guanidine groups is 1. The van der Waals surface area contributed by atoms with Crippen LogP contribution in [0.3, 0.4) is 0 Å². The van der Waals surface area contributed by atoms with E-state index in [1.807, 2.05) is 30.3 Å². The molecule has 0 radical (unpaired) electrons. The first-order valence-corrected chi connectivity index (χ1v) is 7.58. The SMILES string of the molecule is CN=C(NCCOCc1ccccc1)NCc1ccc(F)cc1.I. The van der Waals surface area contributed by atoms with E-state index in [0.29, 0.717) is 32.3 Å². The Labute approximate surface area is 159 Å². The van der Waals surface area contributed by atoms with Crippen LogP contribution in [0.1, 0.15) is 11.1 Å². The topological polar surface area (TPSA) is 45.7 Å². The third kappa shape index (κ3) is 7.74. The molecule has 0 unspecified atom stereocenters. The molecule has 0 atom stereocenters. The molecule has 0 spiro atoms. The number of rotatable bonds is 7. The lowest BCUT2D eigenvalue weighted by Gasteiger charge is -2.12. The van der Waals surface area contributed by atoms with Gasteiger partial charge in [0.15, 0.2) is 5.96 Å².